The number of fused-ring (bicyclic) bond motifs is 2. The fourth-order valence-electron chi connectivity index (χ4n) is 3.91. The van der Waals surface area contributed by atoms with Crippen LogP contribution >= 0.6 is 11.8 Å². The highest BCUT2D eigenvalue weighted by Crippen LogP contribution is 2.44. The number of urea groups is 1. The van der Waals surface area contributed by atoms with Crippen LogP contribution in [0.15, 0.2) is 60.9 Å². The number of imide groups is 1. The number of carbonyl (C=O) groups excluding carboxylic acids is 2. The van der Waals surface area contributed by atoms with Crippen LogP contribution in [0.5, 0.6) is 5.75 Å². The average Bonchev–Trinajstić information content (AvgIpc) is 3.18. The van der Waals surface area contributed by atoms with Gasteiger partial charge in [0.1, 0.15) is 11.0 Å². The molecule has 0 bridgehead atoms. The molecule has 2 aliphatic heterocycles. The number of hydrogen-bond donors (Lipinski definition) is 1. The lowest BCUT2D eigenvalue weighted by Gasteiger charge is -2.33. The summed E-state index contributed by atoms with van der Waals surface area (Å²) in [5.41, 5.74) is 2.59. The van der Waals surface area contributed by atoms with Gasteiger partial charge in [-0.05, 0) is 36.3 Å². The first-order valence-corrected chi connectivity index (χ1v) is 10.5. The molecule has 3 amide bonds. The molecule has 3 heterocycles. The van der Waals surface area contributed by atoms with Gasteiger partial charge in [0.2, 0.25) is 0 Å². The van der Waals surface area contributed by atoms with Gasteiger partial charge >= 0.3 is 6.03 Å². The summed E-state index contributed by atoms with van der Waals surface area (Å²) in [5.74, 6) is 0.518. The summed E-state index contributed by atoms with van der Waals surface area (Å²) in [6.07, 6.45) is 5.26. The Kier molecular flexibility index (Phi) is 4.47. The highest BCUT2D eigenvalue weighted by Gasteiger charge is 2.45. The second-order valence-electron chi connectivity index (χ2n) is 7.28. The molecule has 1 aromatic heterocycles. The Morgan fingerprint density at radius 2 is 1.97 bits per heavy atom. The van der Waals surface area contributed by atoms with Crippen LogP contribution in [0.3, 0.4) is 0 Å². The summed E-state index contributed by atoms with van der Waals surface area (Å²) in [5, 5.41) is 4.24. The zero-order chi connectivity index (χ0) is 20.8. The number of carbonyl (C=O) groups is 2. The van der Waals surface area contributed by atoms with Gasteiger partial charge in [-0.3, -0.25) is 9.78 Å². The molecule has 1 fully saturated rings. The lowest BCUT2D eigenvalue weighted by Crippen LogP contribution is -2.60. The Morgan fingerprint density at radius 1 is 1.13 bits per heavy atom. The van der Waals surface area contributed by atoms with Crippen molar-refractivity contribution in [3.05, 3.63) is 72.1 Å². The molecule has 1 saturated heterocycles. The maximum atomic E-state index is 13.4. The van der Waals surface area contributed by atoms with Gasteiger partial charge in [-0.25, -0.2) is 9.69 Å². The third kappa shape index (κ3) is 2.93. The number of aryl methyl sites for hydroxylation is 1. The van der Waals surface area contributed by atoms with Gasteiger partial charge in [0.25, 0.3) is 5.91 Å². The van der Waals surface area contributed by atoms with Crippen molar-refractivity contribution in [2.75, 3.05) is 12.0 Å². The van der Waals surface area contributed by atoms with E-state index in [2.05, 4.69) is 10.3 Å². The van der Waals surface area contributed by atoms with Gasteiger partial charge in [0.15, 0.2) is 0 Å². The van der Waals surface area contributed by atoms with Crippen LogP contribution in [-0.4, -0.2) is 35.3 Å². The molecular formula is C23H19N3O3S. The molecule has 0 radical (unpaired) electrons. The summed E-state index contributed by atoms with van der Waals surface area (Å²) >= 11 is 1.47. The van der Waals surface area contributed by atoms with E-state index in [4.69, 9.17) is 4.74 Å². The molecule has 2 aromatic carbocycles. The van der Waals surface area contributed by atoms with Crippen molar-refractivity contribution < 1.29 is 14.3 Å². The molecule has 5 rings (SSSR count). The molecule has 150 valence electrons. The number of anilines is 1. The summed E-state index contributed by atoms with van der Waals surface area (Å²) in [4.78, 5) is 32.7. The summed E-state index contributed by atoms with van der Waals surface area (Å²) < 4.78 is 5.35. The first-order valence-electron chi connectivity index (χ1n) is 9.57. The van der Waals surface area contributed by atoms with E-state index in [1.54, 1.807) is 19.5 Å². The summed E-state index contributed by atoms with van der Waals surface area (Å²) in [7, 11) is 1.63. The Balaban J connectivity index is 1.50. The Morgan fingerprint density at radius 3 is 2.80 bits per heavy atom. The number of aromatic nitrogens is 1. The lowest BCUT2D eigenvalue weighted by molar-refractivity contribution is -0.118. The first kappa shape index (κ1) is 18.7. The van der Waals surface area contributed by atoms with Gasteiger partial charge in [-0.2, -0.15) is 0 Å². The molecule has 7 heteroatoms. The third-order valence-corrected chi connectivity index (χ3v) is 6.83. The van der Waals surface area contributed by atoms with Crippen LogP contribution in [0, 0.1) is 6.92 Å². The molecule has 6 nitrogen and oxygen atoms in total. The van der Waals surface area contributed by atoms with Crippen molar-refractivity contribution in [2.45, 2.75) is 18.2 Å². The van der Waals surface area contributed by atoms with Crippen molar-refractivity contribution in [3.63, 3.8) is 0 Å². The predicted molar refractivity (Wildman–Crippen MR) is 119 cm³/mol. The lowest BCUT2D eigenvalue weighted by atomic mass is 10.0. The van der Waals surface area contributed by atoms with E-state index in [1.165, 1.54) is 16.7 Å². The van der Waals surface area contributed by atoms with Crippen LogP contribution in [0.1, 0.15) is 11.1 Å². The Hall–Kier alpha value is -3.32. The second-order valence-corrected chi connectivity index (χ2v) is 8.46. The minimum absolute atomic E-state index is 0.237. The van der Waals surface area contributed by atoms with E-state index in [-0.39, 0.29) is 11.9 Å². The van der Waals surface area contributed by atoms with Crippen LogP contribution in [0.25, 0.3) is 15.7 Å². The van der Waals surface area contributed by atoms with Crippen molar-refractivity contribution in [2.24, 2.45) is 0 Å². The van der Waals surface area contributed by atoms with E-state index in [9.17, 15) is 9.59 Å². The molecule has 0 aliphatic carbocycles. The maximum absolute atomic E-state index is 13.4. The molecule has 30 heavy (non-hydrogen) atoms. The summed E-state index contributed by atoms with van der Waals surface area (Å²) in [6.45, 7) is 2.02. The van der Waals surface area contributed by atoms with Crippen molar-refractivity contribution >= 4 is 45.1 Å². The predicted octanol–water partition coefficient (Wildman–Crippen LogP) is 4.13. The first-order chi connectivity index (χ1) is 14.6. The monoisotopic (exact) mass is 417 g/mol. The van der Waals surface area contributed by atoms with Crippen LogP contribution in [0.2, 0.25) is 0 Å². The van der Waals surface area contributed by atoms with Crippen LogP contribution in [-0.2, 0) is 4.79 Å². The molecule has 2 aliphatic rings. The minimum atomic E-state index is -0.431. The quantitative estimate of drug-likeness (QED) is 0.694. The number of benzene rings is 2. The zero-order valence-corrected chi connectivity index (χ0v) is 17.3. The number of pyridine rings is 1. The molecule has 0 saturated carbocycles. The van der Waals surface area contributed by atoms with Crippen molar-refractivity contribution in [3.8, 4) is 5.75 Å². The van der Waals surface area contributed by atoms with E-state index >= 15 is 0 Å². The molecule has 2 atom stereocenters. The number of ether oxygens (including phenoxy) is 1. The number of hydrogen-bond acceptors (Lipinski definition) is 5. The van der Waals surface area contributed by atoms with Crippen LogP contribution < -0.4 is 15.0 Å². The van der Waals surface area contributed by atoms with Gasteiger partial charge in [0, 0.05) is 21.9 Å². The SMILES string of the molecule is COc1ccc(C)c(C2=CC3NC(=O)N(c4cncc5ccccc45)C(=O)C3S2)c1. The van der Waals surface area contributed by atoms with E-state index in [0.29, 0.717) is 5.69 Å². The topological polar surface area (TPSA) is 71.5 Å². The van der Waals surface area contributed by atoms with Gasteiger partial charge in [-0.15, -0.1) is 11.8 Å². The van der Waals surface area contributed by atoms with E-state index < -0.39 is 11.3 Å². The fraction of sp³-hybridized carbons (Fsp3) is 0.174. The fourth-order valence-corrected chi connectivity index (χ4v) is 5.25. The van der Waals surface area contributed by atoms with Crippen molar-refractivity contribution in [1.82, 2.24) is 10.3 Å². The highest BCUT2D eigenvalue weighted by molar-refractivity contribution is 8.09. The number of amides is 3. The van der Waals surface area contributed by atoms with E-state index in [0.717, 1.165) is 32.6 Å². The highest BCUT2D eigenvalue weighted by atomic mass is 32.2. The van der Waals surface area contributed by atoms with Gasteiger partial charge < -0.3 is 10.1 Å². The normalized spacial score (nSPS) is 20.7. The van der Waals surface area contributed by atoms with Gasteiger partial charge in [0.05, 0.1) is 25.0 Å². The maximum Gasteiger partial charge on any atom is 0.329 e. The van der Waals surface area contributed by atoms with E-state index in [1.807, 2.05) is 55.5 Å². The standard InChI is InChI=1S/C23H19N3O3S/c1-13-7-8-15(29-2)9-17(13)20-10-18-21(30-20)22(27)26(23(28)25-18)19-12-24-11-14-5-3-4-6-16(14)19/h3-12,18,21H,1-2H3,(H,25,28). The largest absolute Gasteiger partial charge is 0.497 e. The molecule has 3 aromatic rings. The molecule has 1 N–H and O–H groups in total. The van der Waals surface area contributed by atoms with Gasteiger partial charge in [-0.1, -0.05) is 30.3 Å². The second kappa shape index (κ2) is 7.18. The van der Waals surface area contributed by atoms with Crippen molar-refractivity contribution in [1.29, 1.82) is 0 Å². The number of rotatable bonds is 3. The molecule has 0 spiro atoms. The molecule has 2 unspecified atom stereocenters. The minimum Gasteiger partial charge on any atom is -0.497 e. The van der Waals surface area contributed by atoms with Crippen LogP contribution in [0.4, 0.5) is 10.5 Å². The zero-order valence-electron chi connectivity index (χ0n) is 16.5. The third-order valence-electron chi connectivity index (χ3n) is 5.47. The average molecular weight is 417 g/mol. The number of thioether (sulfide) groups is 1. The smallest absolute Gasteiger partial charge is 0.329 e. The molecular weight excluding hydrogens is 398 g/mol. The Bertz CT molecular complexity index is 1220. The summed E-state index contributed by atoms with van der Waals surface area (Å²) in [6, 6.07) is 12.7. The number of nitrogens with one attached hydrogen (secondary N) is 1. The Labute approximate surface area is 177 Å². The number of methoxy groups -OCH3 is 1. The number of nitrogens with zero attached hydrogens (tertiary/aromatic N) is 2.